The molecule has 2 aromatic rings. The van der Waals surface area contributed by atoms with Gasteiger partial charge in [-0.3, -0.25) is 4.79 Å². The van der Waals surface area contributed by atoms with Gasteiger partial charge >= 0.3 is 0 Å². The molecule has 0 saturated heterocycles. The first-order valence-electron chi connectivity index (χ1n) is 7.89. The number of aliphatic hydroxyl groups excluding tert-OH is 1. The molecule has 0 unspecified atom stereocenters. The first kappa shape index (κ1) is 17.5. The van der Waals surface area contributed by atoms with Crippen molar-refractivity contribution in [1.29, 1.82) is 0 Å². The van der Waals surface area contributed by atoms with Crippen molar-refractivity contribution >= 4 is 22.9 Å². The van der Waals surface area contributed by atoms with Gasteiger partial charge in [0.25, 0.3) is 0 Å². The maximum absolute atomic E-state index is 11.9. The highest BCUT2D eigenvalue weighted by molar-refractivity contribution is 7.11. The van der Waals surface area contributed by atoms with E-state index in [-0.39, 0.29) is 18.6 Å². The number of carbonyl (C=O) groups excluding carboxylic acids is 1. The molecule has 2 rings (SSSR count). The first-order valence-corrected chi connectivity index (χ1v) is 8.70. The number of nitrogens with one attached hydrogen (secondary N) is 2. The molecule has 1 aromatic heterocycles. The van der Waals surface area contributed by atoms with Gasteiger partial charge in [0, 0.05) is 22.0 Å². The fraction of sp³-hybridized carbons (Fsp3) is 0.389. The maximum atomic E-state index is 11.9. The normalized spacial score (nSPS) is 12.0. The van der Waals surface area contributed by atoms with E-state index in [4.69, 9.17) is 5.11 Å². The summed E-state index contributed by atoms with van der Waals surface area (Å²) in [7, 11) is 0. The lowest BCUT2D eigenvalue weighted by Gasteiger charge is -2.14. The van der Waals surface area contributed by atoms with Crippen LogP contribution in [0.15, 0.2) is 36.4 Å². The number of carbonyl (C=O) groups is 1. The number of benzene rings is 1. The van der Waals surface area contributed by atoms with Crippen LogP contribution >= 0.6 is 11.3 Å². The van der Waals surface area contributed by atoms with Gasteiger partial charge in [-0.1, -0.05) is 19.1 Å². The third-order valence-electron chi connectivity index (χ3n) is 3.66. The summed E-state index contributed by atoms with van der Waals surface area (Å²) in [5, 5.41) is 15.3. The molecule has 0 radical (unpaired) electrons. The molecule has 1 amide bonds. The lowest BCUT2D eigenvalue weighted by Crippen LogP contribution is -2.37. The van der Waals surface area contributed by atoms with E-state index in [2.05, 4.69) is 29.7 Å². The summed E-state index contributed by atoms with van der Waals surface area (Å²) in [6.07, 6.45) is 1.06. The van der Waals surface area contributed by atoms with Gasteiger partial charge in [0.15, 0.2) is 0 Å². The standard InChI is InChI=1S/C18H24N2O2S/c1-3-15(12-21)20-18(22)10-14-5-7-16(8-6-14)19-11-17-9-4-13(2)23-17/h4-9,15,19,21H,3,10-12H2,1-2H3,(H,20,22)/t15-/m1/s1. The Bertz CT molecular complexity index is 618. The van der Waals surface area contributed by atoms with Crippen molar-refractivity contribution in [3.63, 3.8) is 0 Å². The Hall–Kier alpha value is -1.85. The van der Waals surface area contributed by atoms with Crippen molar-refractivity contribution in [2.75, 3.05) is 11.9 Å². The fourth-order valence-corrected chi connectivity index (χ4v) is 3.08. The van der Waals surface area contributed by atoms with Crippen LogP contribution < -0.4 is 10.6 Å². The Morgan fingerprint density at radius 3 is 2.52 bits per heavy atom. The highest BCUT2D eigenvalue weighted by Gasteiger charge is 2.09. The van der Waals surface area contributed by atoms with E-state index in [0.29, 0.717) is 6.42 Å². The van der Waals surface area contributed by atoms with Gasteiger partial charge in [-0.05, 0) is 43.2 Å². The number of hydrogen-bond donors (Lipinski definition) is 3. The summed E-state index contributed by atoms with van der Waals surface area (Å²) in [5.41, 5.74) is 2.01. The van der Waals surface area contributed by atoms with E-state index in [1.54, 1.807) is 11.3 Å². The van der Waals surface area contributed by atoms with Crippen molar-refractivity contribution in [3.8, 4) is 0 Å². The molecule has 5 heteroatoms. The summed E-state index contributed by atoms with van der Waals surface area (Å²) in [6.45, 7) is 4.84. The van der Waals surface area contributed by atoms with E-state index in [1.807, 2.05) is 31.2 Å². The Balaban J connectivity index is 1.83. The molecule has 1 heterocycles. The van der Waals surface area contributed by atoms with Crippen molar-refractivity contribution in [2.24, 2.45) is 0 Å². The SMILES string of the molecule is CC[C@H](CO)NC(=O)Cc1ccc(NCc2ccc(C)s2)cc1. The van der Waals surface area contributed by atoms with Gasteiger partial charge in [0.05, 0.1) is 19.1 Å². The Morgan fingerprint density at radius 2 is 1.96 bits per heavy atom. The average molecular weight is 332 g/mol. The summed E-state index contributed by atoms with van der Waals surface area (Å²) < 4.78 is 0. The van der Waals surface area contributed by atoms with Gasteiger partial charge in [-0.2, -0.15) is 0 Å². The summed E-state index contributed by atoms with van der Waals surface area (Å²) in [5.74, 6) is -0.0549. The Labute approximate surface area is 141 Å². The number of hydrogen-bond acceptors (Lipinski definition) is 4. The number of aryl methyl sites for hydroxylation is 1. The lowest BCUT2D eigenvalue weighted by atomic mass is 10.1. The molecule has 124 valence electrons. The van der Waals surface area contributed by atoms with E-state index < -0.39 is 0 Å². The van der Waals surface area contributed by atoms with Gasteiger partial charge in [0.1, 0.15) is 0 Å². The summed E-state index contributed by atoms with van der Waals surface area (Å²) in [6, 6.07) is 12.0. The fourth-order valence-electron chi connectivity index (χ4n) is 2.25. The van der Waals surface area contributed by atoms with Crippen LogP contribution in [0.4, 0.5) is 5.69 Å². The van der Waals surface area contributed by atoms with Crippen LogP contribution in [-0.2, 0) is 17.8 Å². The number of anilines is 1. The van der Waals surface area contributed by atoms with Crippen LogP contribution in [0.3, 0.4) is 0 Å². The molecule has 0 bridgehead atoms. The molecule has 1 aromatic carbocycles. The smallest absolute Gasteiger partial charge is 0.224 e. The molecule has 0 saturated carbocycles. The van der Waals surface area contributed by atoms with Crippen molar-refractivity contribution in [1.82, 2.24) is 5.32 Å². The topological polar surface area (TPSA) is 61.4 Å². The second-order valence-corrected chi connectivity index (χ2v) is 6.97. The van der Waals surface area contributed by atoms with Crippen LogP contribution in [0.5, 0.6) is 0 Å². The molecule has 0 aliphatic heterocycles. The van der Waals surface area contributed by atoms with Gasteiger partial charge in [0.2, 0.25) is 5.91 Å². The van der Waals surface area contributed by atoms with Crippen LogP contribution in [0, 0.1) is 6.92 Å². The molecule has 23 heavy (non-hydrogen) atoms. The highest BCUT2D eigenvalue weighted by atomic mass is 32.1. The zero-order chi connectivity index (χ0) is 16.7. The van der Waals surface area contributed by atoms with E-state index in [1.165, 1.54) is 9.75 Å². The second kappa shape index (κ2) is 8.70. The maximum Gasteiger partial charge on any atom is 0.224 e. The zero-order valence-electron chi connectivity index (χ0n) is 13.6. The monoisotopic (exact) mass is 332 g/mol. The van der Waals surface area contributed by atoms with Gasteiger partial charge < -0.3 is 15.7 Å². The number of aliphatic hydroxyl groups is 1. The molecule has 0 aliphatic carbocycles. The highest BCUT2D eigenvalue weighted by Crippen LogP contribution is 2.17. The van der Waals surface area contributed by atoms with Crippen LogP contribution in [0.25, 0.3) is 0 Å². The summed E-state index contributed by atoms with van der Waals surface area (Å²) >= 11 is 1.79. The third-order valence-corrected chi connectivity index (χ3v) is 4.66. The molecule has 0 aliphatic rings. The number of rotatable bonds is 8. The lowest BCUT2D eigenvalue weighted by molar-refractivity contribution is -0.121. The van der Waals surface area contributed by atoms with Crippen molar-refractivity contribution in [2.45, 2.75) is 39.3 Å². The van der Waals surface area contributed by atoms with Gasteiger partial charge in [-0.25, -0.2) is 0 Å². The minimum atomic E-state index is -0.155. The van der Waals surface area contributed by atoms with Crippen LogP contribution in [0.2, 0.25) is 0 Å². The van der Waals surface area contributed by atoms with Crippen LogP contribution in [-0.4, -0.2) is 23.7 Å². The first-order chi connectivity index (χ1) is 11.1. The molecule has 1 atom stereocenters. The molecular weight excluding hydrogens is 308 g/mol. The minimum absolute atomic E-state index is 0.0205. The predicted molar refractivity (Wildman–Crippen MR) is 95.8 cm³/mol. The molecule has 0 fully saturated rings. The largest absolute Gasteiger partial charge is 0.394 e. The van der Waals surface area contributed by atoms with Crippen LogP contribution in [0.1, 0.15) is 28.7 Å². The minimum Gasteiger partial charge on any atom is -0.394 e. The zero-order valence-corrected chi connectivity index (χ0v) is 14.5. The Morgan fingerprint density at radius 1 is 1.22 bits per heavy atom. The van der Waals surface area contributed by atoms with E-state index in [9.17, 15) is 4.79 Å². The van der Waals surface area contributed by atoms with Gasteiger partial charge in [-0.15, -0.1) is 11.3 Å². The number of thiophene rings is 1. The molecular formula is C18H24N2O2S. The van der Waals surface area contributed by atoms with E-state index in [0.717, 1.165) is 24.2 Å². The van der Waals surface area contributed by atoms with E-state index >= 15 is 0 Å². The molecule has 3 N–H and O–H groups in total. The summed E-state index contributed by atoms with van der Waals surface area (Å²) in [4.78, 5) is 14.5. The van der Waals surface area contributed by atoms with Crippen molar-refractivity contribution in [3.05, 3.63) is 51.7 Å². The average Bonchev–Trinajstić information content (AvgIpc) is 2.97. The molecule has 4 nitrogen and oxygen atoms in total. The van der Waals surface area contributed by atoms with Crippen molar-refractivity contribution < 1.29 is 9.90 Å². The number of amides is 1. The quantitative estimate of drug-likeness (QED) is 0.696. The third kappa shape index (κ3) is 5.69. The molecule has 0 spiro atoms. The Kier molecular flexibility index (Phi) is 6.62. The predicted octanol–water partition coefficient (Wildman–Crippen LogP) is 3.10. The second-order valence-electron chi connectivity index (χ2n) is 5.59.